The second kappa shape index (κ2) is 10.3. The minimum atomic E-state index is -0.516. The molecule has 3 aromatic heterocycles. The molecule has 2 aliphatic carbocycles. The smallest absolute Gasteiger partial charge is 0.410 e. The molecule has 224 valence electrons. The third-order valence-corrected chi connectivity index (χ3v) is 10.9. The lowest BCUT2D eigenvalue weighted by molar-refractivity contribution is 0.0218. The lowest BCUT2D eigenvalue weighted by Crippen LogP contribution is -2.36. The molecule has 1 saturated carbocycles. The van der Waals surface area contributed by atoms with Crippen LogP contribution < -0.4 is 5.32 Å². The normalized spacial score (nSPS) is 24.7. The predicted octanol–water partition coefficient (Wildman–Crippen LogP) is 8.06. The molecule has 8 rings (SSSR count). The van der Waals surface area contributed by atoms with Crippen LogP contribution in [0.4, 0.5) is 4.79 Å². The Kier molecular flexibility index (Phi) is 6.53. The molecule has 5 heterocycles. The molecule has 4 unspecified atom stereocenters. The zero-order chi connectivity index (χ0) is 29.3. The number of aromatic nitrogens is 4. The summed E-state index contributed by atoms with van der Waals surface area (Å²) in [6, 6.07) is 9.41. The van der Waals surface area contributed by atoms with Crippen molar-refractivity contribution in [1.82, 2.24) is 30.2 Å². The fourth-order valence-electron chi connectivity index (χ4n) is 7.89. The maximum atomic E-state index is 12.9. The largest absolute Gasteiger partial charge is 0.444 e. The first-order chi connectivity index (χ1) is 20.8. The van der Waals surface area contributed by atoms with Crippen molar-refractivity contribution in [2.75, 3.05) is 13.1 Å². The number of rotatable bonds is 5. The van der Waals surface area contributed by atoms with Gasteiger partial charge in [0.25, 0.3) is 0 Å². The van der Waals surface area contributed by atoms with E-state index in [9.17, 15) is 4.79 Å². The van der Waals surface area contributed by atoms with E-state index in [1.54, 1.807) is 11.1 Å². The number of amides is 1. The number of benzene rings is 1. The molecule has 3 fully saturated rings. The van der Waals surface area contributed by atoms with Crippen molar-refractivity contribution in [2.24, 2.45) is 0 Å². The molecule has 9 heteroatoms. The molecule has 3 N–H and O–H groups in total. The Balaban J connectivity index is 1.08. The van der Waals surface area contributed by atoms with Crippen LogP contribution in [-0.2, 0) is 4.74 Å². The second-order valence-corrected chi connectivity index (χ2v) is 14.8. The average molecular weight is 597 g/mol. The van der Waals surface area contributed by atoms with E-state index in [0.29, 0.717) is 24.4 Å². The molecule has 2 bridgehead atoms. The summed E-state index contributed by atoms with van der Waals surface area (Å²) in [6.45, 7) is 7.49. The van der Waals surface area contributed by atoms with Crippen LogP contribution in [0.2, 0.25) is 0 Å². The highest BCUT2D eigenvalue weighted by Crippen LogP contribution is 2.58. The van der Waals surface area contributed by atoms with Gasteiger partial charge in [-0.15, -0.1) is 11.3 Å². The molecule has 4 aromatic rings. The first kappa shape index (κ1) is 27.1. The summed E-state index contributed by atoms with van der Waals surface area (Å²) in [5, 5.41) is 3.57. The summed E-state index contributed by atoms with van der Waals surface area (Å²) in [5.74, 6) is 3.18. The molecule has 4 atom stereocenters. The van der Waals surface area contributed by atoms with Gasteiger partial charge in [-0.1, -0.05) is 12.1 Å². The first-order valence-electron chi connectivity index (χ1n) is 15.9. The van der Waals surface area contributed by atoms with Crippen molar-refractivity contribution >= 4 is 17.4 Å². The molecule has 8 nitrogen and oxygen atoms in total. The molecular formula is C34H40N6O2S. The highest BCUT2D eigenvalue weighted by atomic mass is 32.1. The summed E-state index contributed by atoms with van der Waals surface area (Å²) >= 11 is 1.82. The number of hydrogen-bond acceptors (Lipinski definition) is 6. The fourth-order valence-corrected chi connectivity index (χ4v) is 8.90. The van der Waals surface area contributed by atoms with Gasteiger partial charge in [0.2, 0.25) is 0 Å². The Labute approximate surface area is 256 Å². The van der Waals surface area contributed by atoms with E-state index >= 15 is 0 Å². The highest BCUT2D eigenvalue weighted by Gasteiger charge is 2.41. The number of imidazole rings is 2. The lowest BCUT2D eigenvalue weighted by Gasteiger charge is -2.27. The number of hydrogen-bond donors (Lipinski definition) is 3. The molecule has 1 amide bonds. The number of thiophene rings is 1. The number of H-pyrrole nitrogens is 2. The summed E-state index contributed by atoms with van der Waals surface area (Å²) < 4.78 is 5.67. The predicted molar refractivity (Wildman–Crippen MR) is 169 cm³/mol. The van der Waals surface area contributed by atoms with Gasteiger partial charge in [0.1, 0.15) is 17.2 Å². The zero-order valence-corrected chi connectivity index (χ0v) is 26.0. The minimum Gasteiger partial charge on any atom is -0.444 e. The molecular weight excluding hydrogens is 556 g/mol. The second-order valence-electron chi connectivity index (χ2n) is 13.7. The van der Waals surface area contributed by atoms with Crippen LogP contribution in [-0.4, -0.2) is 49.6 Å². The van der Waals surface area contributed by atoms with Crippen molar-refractivity contribution in [3.05, 3.63) is 59.4 Å². The van der Waals surface area contributed by atoms with E-state index in [1.807, 2.05) is 49.4 Å². The number of carbonyl (C=O) groups is 1. The van der Waals surface area contributed by atoms with Gasteiger partial charge in [0, 0.05) is 17.0 Å². The van der Waals surface area contributed by atoms with E-state index in [4.69, 9.17) is 14.7 Å². The number of likely N-dealkylation sites (tertiary alicyclic amines) is 1. The van der Waals surface area contributed by atoms with Crippen LogP contribution in [0.5, 0.6) is 0 Å². The number of ether oxygens (including phenoxy) is 1. The maximum Gasteiger partial charge on any atom is 0.410 e. The van der Waals surface area contributed by atoms with Gasteiger partial charge in [-0.05, 0) is 113 Å². The number of nitrogens with one attached hydrogen (secondary N) is 3. The molecule has 0 radical (unpaired) electrons. The summed E-state index contributed by atoms with van der Waals surface area (Å²) in [5.41, 5.74) is 7.46. The molecule has 0 spiro atoms. The maximum absolute atomic E-state index is 12.9. The highest BCUT2D eigenvalue weighted by molar-refractivity contribution is 7.18. The average Bonchev–Trinajstić information content (AvgIpc) is 3.85. The van der Waals surface area contributed by atoms with Crippen molar-refractivity contribution < 1.29 is 9.53 Å². The third kappa shape index (κ3) is 4.81. The molecule has 2 aliphatic heterocycles. The van der Waals surface area contributed by atoms with Gasteiger partial charge < -0.3 is 20.0 Å². The Morgan fingerprint density at radius 2 is 1.60 bits per heavy atom. The van der Waals surface area contributed by atoms with Crippen LogP contribution >= 0.6 is 11.3 Å². The summed E-state index contributed by atoms with van der Waals surface area (Å²) in [6.07, 6.45) is 11.7. The van der Waals surface area contributed by atoms with Gasteiger partial charge in [0.15, 0.2) is 0 Å². The summed E-state index contributed by atoms with van der Waals surface area (Å²) in [7, 11) is 0. The summed E-state index contributed by atoms with van der Waals surface area (Å²) in [4.78, 5) is 33.9. The van der Waals surface area contributed by atoms with Crippen LogP contribution in [0.15, 0.2) is 36.7 Å². The molecule has 2 saturated heterocycles. The van der Waals surface area contributed by atoms with Crippen LogP contribution in [0.1, 0.15) is 112 Å². The zero-order valence-electron chi connectivity index (χ0n) is 25.2. The first-order valence-corrected chi connectivity index (χ1v) is 16.7. The van der Waals surface area contributed by atoms with Crippen LogP contribution in [0.25, 0.3) is 32.3 Å². The van der Waals surface area contributed by atoms with E-state index in [0.717, 1.165) is 48.8 Å². The monoisotopic (exact) mass is 596 g/mol. The molecule has 1 aromatic carbocycles. The third-order valence-electron chi connectivity index (χ3n) is 9.74. The SMILES string of the molecule is CC(C)(C)OC(=O)N1CCCC1c1ncc(-c2ccc(-c3ccc(-c4cnc(C5CCCN5)[nH]4)c4c3C3CCC4C3)s2)[nH]1. The van der Waals surface area contributed by atoms with Gasteiger partial charge in [0.05, 0.1) is 40.7 Å². The fraction of sp³-hybridized carbons (Fsp3) is 0.500. The number of aromatic amines is 2. The Bertz CT molecular complexity index is 1670. The van der Waals surface area contributed by atoms with Crippen molar-refractivity contribution in [3.63, 3.8) is 0 Å². The van der Waals surface area contributed by atoms with Crippen LogP contribution in [0, 0.1) is 0 Å². The standard InChI is InChI=1S/C34H40N6O2S/c1-34(2,3)42-33(41)40-15-5-7-26(40)32-37-18-25(39-32)28-13-12-27(43-28)22-11-10-21(29-19-8-9-20(16-19)30(22)29)24-17-36-31(38-24)23-6-4-14-35-23/h10-13,17-20,23,26,35H,4-9,14-16H2,1-3H3,(H,36,38)(H,37,39). The number of fused-ring (bicyclic) bond motifs is 5. The molecule has 43 heavy (non-hydrogen) atoms. The number of nitrogens with zero attached hydrogens (tertiary/aromatic N) is 3. The van der Waals surface area contributed by atoms with Gasteiger partial charge in [-0.2, -0.15) is 0 Å². The Morgan fingerprint density at radius 3 is 2.40 bits per heavy atom. The molecule has 4 aliphatic rings. The van der Waals surface area contributed by atoms with Crippen molar-refractivity contribution in [3.8, 4) is 32.3 Å². The van der Waals surface area contributed by atoms with E-state index in [-0.39, 0.29) is 12.1 Å². The lowest BCUT2D eigenvalue weighted by atomic mass is 9.84. The quantitative estimate of drug-likeness (QED) is 0.216. The Morgan fingerprint density at radius 1 is 0.884 bits per heavy atom. The van der Waals surface area contributed by atoms with Gasteiger partial charge in [-0.3, -0.25) is 4.90 Å². The van der Waals surface area contributed by atoms with Crippen LogP contribution in [0.3, 0.4) is 0 Å². The topological polar surface area (TPSA) is 98.9 Å². The Hall–Kier alpha value is -3.43. The minimum absolute atomic E-state index is 0.0816. The van der Waals surface area contributed by atoms with Gasteiger partial charge in [-0.25, -0.2) is 14.8 Å². The van der Waals surface area contributed by atoms with Crippen molar-refractivity contribution in [1.29, 1.82) is 0 Å². The van der Waals surface area contributed by atoms with E-state index in [2.05, 4.69) is 39.6 Å². The van der Waals surface area contributed by atoms with E-state index in [1.165, 1.54) is 46.6 Å². The van der Waals surface area contributed by atoms with Gasteiger partial charge >= 0.3 is 6.09 Å². The number of carbonyl (C=O) groups excluding carboxylic acids is 1. The van der Waals surface area contributed by atoms with E-state index < -0.39 is 5.60 Å². The van der Waals surface area contributed by atoms with Crippen molar-refractivity contribution in [2.45, 2.75) is 95.2 Å².